The zero-order valence-electron chi connectivity index (χ0n) is 11.6. The summed E-state index contributed by atoms with van der Waals surface area (Å²) in [5.74, 6) is -1.46. The van der Waals surface area contributed by atoms with Crippen LogP contribution in [0.25, 0.3) is 5.57 Å². The first-order valence-electron chi connectivity index (χ1n) is 6.31. The van der Waals surface area contributed by atoms with Gasteiger partial charge in [-0.1, -0.05) is 12.1 Å². The number of nitriles is 1. The Bertz CT molecular complexity index is 668. The van der Waals surface area contributed by atoms with Gasteiger partial charge in [-0.05, 0) is 42.3 Å². The van der Waals surface area contributed by atoms with Gasteiger partial charge < -0.3 is 15.6 Å². The monoisotopic (exact) mass is 310 g/mol. The molecule has 2 rings (SSSR count). The third-order valence-corrected chi connectivity index (χ3v) is 3.39. The first-order chi connectivity index (χ1) is 10.1. The highest BCUT2D eigenvalue weighted by Crippen LogP contribution is 2.39. The van der Waals surface area contributed by atoms with Crippen molar-refractivity contribution in [1.29, 1.82) is 5.26 Å². The van der Waals surface area contributed by atoms with E-state index in [4.69, 9.17) is 5.73 Å². The SMILES string of the molecule is CC1(N)C(c2ccc(O)cc2)=CC(OC(F)(F)F)=CC1C#N. The van der Waals surface area contributed by atoms with Gasteiger partial charge in [-0.25, -0.2) is 0 Å². The second-order valence-electron chi connectivity index (χ2n) is 5.11. The fourth-order valence-electron chi connectivity index (χ4n) is 2.25. The third kappa shape index (κ3) is 3.23. The van der Waals surface area contributed by atoms with Crippen LogP contribution in [0.2, 0.25) is 0 Å². The van der Waals surface area contributed by atoms with Gasteiger partial charge >= 0.3 is 6.36 Å². The van der Waals surface area contributed by atoms with Crippen LogP contribution >= 0.6 is 0 Å². The normalized spacial score (nSPS) is 25.0. The number of nitrogens with zero attached hydrogens (tertiary/aromatic N) is 1. The summed E-state index contributed by atoms with van der Waals surface area (Å²) >= 11 is 0. The fourth-order valence-corrected chi connectivity index (χ4v) is 2.25. The van der Waals surface area contributed by atoms with Crippen molar-refractivity contribution in [1.82, 2.24) is 0 Å². The highest BCUT2D eigenvalue weighted by atomic mass is 19.4. The Balaban J connectivity index is 2.50. The molecule has 0 saturated heterocycles. The number of rotatable bonds is 2. The second-order valence-corrected chi connectivity index (χ2v) is 5.11. The molecule has 1 aromatic carbocycles. The minimum absolute atomic E-state index is 0.0121. The molecule has 0 spiro atoms. The van der Waals surface area contributed by atoms with Crippen LogP contribution in [0, 0.1) is 17.2 Å². The van der Waals surface area contributed by atoms with Crippen LogP contribution in [0.1, 0.15) is 12.5 Å². The summed E-state index contributed by atoms with van der Waals surface area (Å²) in [6.07, 6.45) is -2.64. The Morgan fingerprint density at radius 1 is 1.32 bits per heavy atom. The molecular formula is C15H13F3N2O2. The molecule has 4 nitrogen and oxygen atoms in total. The van der Waals surface area contributed by atoms with Gasteiger partial charge in [0.25, 0.3) is 0 Å². The average molecular weight is 310 g/mol. The Hall–Kier alpha value is -2.46. The predicted molar refractivity (Wildman–Crippen MR) is 73.0 cm³/mol. The van der Waals surface area contributed by atoms with E-state index in [2.05, 4.69) is 4.74 Å². The summed E-state index contributed by atoms with van der Waals surface area (Å²) in [5, 5.41) is 18.5. The van der Waals surface area contributed by atoms with Gasteiger partial charge in [0.15, 0.2) is 0 Å². The average Bonchev–Trinajstić information content (AvgIpc) is 2.40. The van der Waals surface area contributed by atoms with Crippen molar-refractivity contribution in [3.05, 3.63) is 47.7 Å². The Morgan fingerprint density at radius 2 is 1.91 bits per heavy atom. The minimum Gasteiger partial charge on any atom is -0.508 e. The summed E-state index contributed by atoms with van der Waals surface area (Å²) < 4.78 is 41.1. The van der Waals surface area contributed by atoms with Crippen LogP contribution in [-0.4, -0.2) is 17.0 Å². The number of halogens is 3. The number of benzene rings is 1. The van der Waals surface area contributed by atoms with E-state index in [1.165, 1.54) is 24.3 Å². The highest BCUT2D eigenvalue weighted by Gasteiger charge is 2.40. The van der Waals surface area contributed by atoms with E-state index in [1.54, 1.807) is 6.92 Å². The van der Waals surface area contributed by atoms with Crippen LogP contribution in [0.5, 0.6) is 5.75 Å². The smallest absolute Gasteiger partial charge is 0.508 e. The standard InChI is InChI=1S/C15H13F3N2O2/c1-14(20)10(8-19)6-12(22-15(16,17)18)7-13(14)9-2-4-11(21)5-3-9/h2-7,10,21H,20H2,1H3. The van der Waals surface area contributed by atoms with E-state index in [-0.39, 0.29) is 5.75 Å². The van der Waals surface area contributed by atoms with Crippen molar-refractivity contribution in [2.45, 2.75) is 18.8 Å². The van der Waals surface area contributed by atoms with Crippen molar-refractivity contribution in [2.75, 3.05) is 0 Å². The predicted octanol–water partition coefficient (Wildman–Crippen LogP) is 3.07. The number of nitrogens with two attached hydrogens (primary N) is 1. The van der Waals surface area contributed by atoms with Crippen LogP contribution in [0.3, 0.4) is 0 Å². The molecule has 7 heteroatoms. The summed E-state index contributed by atoms with van der Waals surface area (Å²) in [4.78, 5) is 0. The van der Waals surface area contributed by atoms with Gasteiger partial charge in [0.05, 0.1) is 17.5 Å². The number of allylic oxidation sites excluding steroid dienone is 1. The lowest BCUT2D eigenvalue weighted by molar-refractivity contribution is -0.303. The summed E-state index contributed by atoms with van der Waals surface area (Å²) in [6, 6.07) is 7.67. The fraction of sp³-hybridized carbons (Fsp3) is 0.267. The molecule has 0 heterocycles. The Labute approximate surface area is 124 Å². The molecule has 0 aromatic heterocycles. The molecule has 2 atom stereocenters. The number of aromatic hydroxyl groups is 1. The number of hydrogen-bond donors (Lipinski definition) is 2. The van der Waals surface area contributed by atoms with Crippen LogP contribution in [-0.2, 0) is 4.74 Å². The molecule has 2 unspecified atom stereocenters. The quantitative estimate of drug-likeness (QED) is 0.880. The zero-order valence-corrected chi connectivity index (χ0v) is 11.6. The van der Waals surface area contributed by atoms with Crippen molar-refractivity contribution >= 4 is 5.57 Å². The maximum Gasteiger partial charge on any atom is 0.573 e. The van der Waals surface area contributed by atoms with Crippen molar-refractivity contribution < 1.29 is 23.0 Å². The van der Waals surface area contributed by atoms with Gasteiger partial charge in [0.2, 0.25) is 0 Å². The van der Waals surface area contributed by atoms with Crippen molar-refractivity contribution in [3.63, 3.8) is 0 Å². The molecule has 0 aliphatic heterocycles. The molecule has 3 N–H and O–H groups in total. The molecular weight excluding hydrogens is 297 g/mol. The molecule has 0 bridgehead atoms. The molecule has 0 fully saturated rings. The van der Waals surface area contributed by atoms with Crippen LogP contribution in [0.4, 0.5) is 13.2 Å². The molecule has 1 aliphatic carbocycles. The number of alkyl halides is 3. The lowest BCUT2D eigenvalue weighted by Gasteiger charge is -2.34. The van der Waals surface area contributed by atoms with Gasteiger partial charge in [0.1, 0.15) is 11.5 Å². The highest BCUT2D eigenvalue weighted by molar-refractivity contribution is 5.77. The summed E-state index contributed by atoms with van der Waals surface area (Å²) in [6.45, 7) is 1.56. The van der Waals surface area contributed by atoms with Crippen molar-refractivity contribution in [3.8, 4) is 11.8 Å². The van der Waals surface area contributed by atoms with E-state index in [1.807, 2.05) is 6.07 Å². The maximum absolute atomic E-state index is 12.4. The van der Waals surface area contributed by atoms with Gasteiger partial charge in [-0.3, -0.25) is 0 Å². The number of ether oxygens (including phenoxy) is 1. The molecule has 22 heavy (non-hydrogen) atoms. The van der Waals surface area contributed by atoms with E-state index in [0.29, 0.717) is 11.1 Å². The maximum atomic E-state index is 12.4. The van der Waals surface area contributed by atoms with E-state index >= 15 is 0 Å². The molecule has 116 valence electrons. The van der Waals surface area contributed by atoms with Crippen molar-refractivity contribution in [2.24, 2.45) is 11.7 Å². The van der Waals surface area contributed by atoms with Crippen LogP contribution < -0.4 is 5.73 Å². The molecule has 1 aromatic rings. The Kier molecular flexibility index (Phi) is 3.90. The third-order valence-electron chi connectivity index (χ3n) is 3.39. The molecule has 0 amide bonds. The zero-order chi connectivity index (χ0) is 16.5. The number of phenols is 1. The number of hydrogen-bond acceptors (Lipinski definition) is 4. The lowest BCUT2D eigenvalue weighted by atomic mass is 9.74. The van der Waals surface area contributed by atoms with Gasteiger partial charge in [-0.15, -0.1) is 13.2 Å². The molecule has 1 aliphatic rings. The first kappa shape index (κ1) is 15.9. The summed E-state index contributed by atoms with van der Waals surface area (Å²) in [7, 11) is 0. The van der Waals surface area contributed by atoms with E-state index < -0.39 is 23.6 Å². The summed E-state index contributed by atoms with van der Waals surface area (Å²) in [5.41, 5.74) is 5.77. The van der Waals surface area contributed by atoms with Gasteiger partial charge in [-0.2, -0.15) is 5.26 Å². The van der Waals surface area contributed by atoms with Crippen LogP contribution in [0.15, 0.2) is 42.2 Å². The molecule has 0 radical (unpaired) electrons. The minimum atomic E-state index is -4.86. The first-order valence-corrected chi connectivity index (χ1v) is 6.31. The molecule has 0 saturated carbocycles. The van der Waals surface area contributed by atoms with Gasteiger partial charge in [0, 0.05) is 0 Å². The lowest BCUT2D eigenvalue weighted by Crippen LogP contribution is -2.45. The Morgan fingerprint density at radius 3 is 2.41 bits per heavy atom. The van der Waals surface area contributed by atoms with E-state index in [9.17, 15) is 23.5 Å². The van der Waals surface area contributed by atoms with E-state index in [0.717, 1.165) is 12.2 Å². The topological polar surface area (TPSA) is 79.3 Å². The largest absolute Gasteiger partial charge is 0.573 e. The second kappa shape index (κ2) is 5.39. The number of phenolic OH excluding ortho intramolecular Hbond substituents is 1.